The normalized spacial score (nSPS) is 17.3. The Morgan fingerprint density at radius 1 is 1.33 bits per heavy atom. The Bertz CT molecular complexity index is 583. The van der Waals surface area contributed by atoms with Crippen LogP contribution in [0.2, 0.25) is 0 Å². The number of carbonyl (C=O) groups excluding carboxylic acids is 1. The zero-order chi connectivity index (χ0) is 17.6. The Labute approximate surface area is 142 Å². The van der Waals surface area contributed by atoms with Gasteiger partial charge >= 0.3 is 12.1 Å². The summed E-state index contributed by atoms with van der Waals surface area (Å²) in [6.07, 6.45) is 2.83. The van der Waals surface area contributed by atoms with Gasteiger partial charge in [-0.3, -0.25) is 4.79 Å². The van der Waals surface area contributed by atoms with Crippen molar-refractivity contribution in [1.82, 2.24) is 5.32 Å². The lowest BCUT2D eigenvalue weighted by atomic mass is 10.1. The second-order valence-electron chi connectivity index (χ2n) is 5.85. The van der Waals surface area contributed by atoms with Crippen LogP contribution in [-0.4, -0.2) is 28.9 Å². The highest BCUT2D eigenvalue weighted by molar-refractivity contribution is 7.91. The molecule has 1 amide bonds. The fourth-order valence-electron chi connectivity index (χ4n) is 2.69. The van der Waals surface area contributed by atoms with Crippen molar-refractivity contribution >= 4 is 23.2 Å². The Hall–Kier alpha value is -1.47. The third-order valence-corrected chi connectivity index (χ3v) is 5.48. The van der Waals surface area contributed by atoms with Gasteiger partial charge < -0.3 is 9.87 Å². The summed E-state index contributed by atoms with van der Waals surface area (Å²) in [5.41, 5.74) is 0.744. The smallest absolute Gasteiger partial charge is 0.471 e. The molecule has 0 radical (unpaired) electrons. The van der Waals surface area contributed by atoms with Crippen molar-refractivity contribution in [3.63, 3.8) is 0 Å². The fraction of sp³-hybridized carbons (Fsp3) is 0.471. The van der Waals surface area contributed by atoms with E-state index in [1.54, 1.807) is 35.7 Å². The summed E-state index contributed by atoms with van der Waals surface area (Å²) >= 11 is -1.06. The zero-order valence-corrected chi connectivity index (χ0v) is 14.0. The maximum absolute atomic E-state index is 12.4. The topological polar surface area (TPSA) is 52.2 Å². The molecule has 1 aromatic rings. The molecular weight excluding hydrogens is 339 g/mol. The highest BCUT2D eigenvalue weighted by atomic mass is 32.2. The summed E-state index contributed by atoms with van der Waals surface area (Å²) in [6.45, 7) is -0.215. The summed E-state index contributed by atoms with van der Waals surface area (Å²) < 4.78 is 48.5. The van der Waals surface area contributed by atoms with Crippen molar-refractivity contribution in [3.05, 3.63) is 35.9 Å². The van der Waals surface area contributed by atoms with Crippen LogP contribution in [0.15, 0.2) is 35.2 Å². The van der Waals surface area contributed by atoms with E-state index < -0.39 is 23.3 Å². The molecule has 0 aromatic heterocycles. The van der Waals surface area contributed by atoms with E-state index in [9.17, 15) is 22.5 Å². The third-order valence-electron chi connectivity index (χ3n) is 3.93. The molecule has 2 rings (SSSR count). The van der Waals surface area contributed by atoms with Gasteiger partial charge in [0.05, 0.1) is 0 Å². The second-order valence-corrected chi connectivity index (χ2v) is 7.34. The standard InChI is InChI=1S/C17H20F3NO2S/c18-17(19,20)16(22)21-10-4-8-13-7-3-9-15(11-13)24(23)12-14-5-1-2-6-14/h3-4,7-9,11,14H,1-2,5-6,10,12H2,(H,21,22). The van der Waals surface area contributed by atoms with Gasteiger partial charge in [-0.25, -0.2) is 0 Å². The van der Waals surface area contributed by atoms with Gasteiger partial charge in [0.15, 0.2) is 4.90 Å². The summed E-state index contributed by atoms with van der Waals surface area (Å²) in [7, 11) is 0. The Kier molecular flexibility index (Phi) is 6.74. The van der Waals surface area contributed by atoms with Crippen LogP contribution in [0.25, 0.3) is 6.08 Å². The molecule has 0 saturated heterocycles. The Morgan fingerprint density at radius 2 is 2.04 bits per heavy atom. The minimum atomic E-state index is -4.87. The third kappa shape index (κ3) is 5.87. The van der Waals surface area contributed by atoms with Crippen LogP contribution in [0, 0.1) is 5.92 Å². The molecule has 1 aliphatic carbocycles. The van der Waals surface area contributed by atoms with Crippen molar-refractivity contribution in [2.24, 2.45) is 5.92 Å². The highest BCUT2D eigenvalue weighted by Gasteiger charge is 2.37. The van der Waals surface area contributed by atoms with Crippen LogP contribution < -0.4 is 5.32 Å². The molecule has 1 atom stereocenters. The molecule has 0 bridgehead atoms. The number of nitrogens with one attached hydrogen (secondary N) is 1. The fourth-order valence-corrected chi connectivity index (χ4v) is 4.15. The molecule has 1 unspecified atom stereocenters. The first-order chi connectivity index (χ1) is 11.4. The molecule has 3 nitrogen and oxygen atoms in total. The van der Waals surface area contributed by atoms with E-state index in [0.29, 0.717) is 11.7 Å². The molecule has 0 spiro atoms. The van der Waals surface area contributed by atoms with E-state index in [2.05, 4.69) is 0 Å². The van der Waals surface area contributed by atoms with E-state index in [1.807, 2.05) is 0 Å². The van der Waals surface area contributed by atoms with Crippen LogP contribution in [0.5, 0.6) is 0 Å². The number of benzene rings is 1. The first-order valence-corrected chi connectivity index (χ1v) is 9.18. The molecule has 7 heteroatoms. The molecule has 132 valence electrons. The minimum Gasteiger partial charge on any atom is -0.611 e. The maximum Gasteiger partial charge on any atom is 0.471 e. The van der Waals surface area contributed by atoms with Crippen LogP contribution in [0.4, 0.5) is 13.2 Å². The van der Waals surface area contributed by atoms with Gasteiger partial charge in [0, 0.05) is 18.5 Å². The van der Waals surface area contributed by atoms with Crippen molar-refractivity contribution in [1.29, 1.82) is 0 Å². The second kappa shape index (κ2) is 8.58. The van der Waals surface area contributed by atoms with Crippen LogP contribution in [-0.2, 0) is 16.0 Å². The van der Waals surface area contributed by atoms with Gasteiger partial charge in [0.2, 0.25) is 0 Å². The molecule has 24 heavy (non-hydrogen) atoms. The van der Waals surface area contributed by atoms with E-state index in [-0.39, 0.29) is 6.54 Å². The van der Waals surface area contributed by atoms with Gasteiger partial charge in [-0.05, 0) is 35.6 Å². The number of hydrogen-bond acceptors (Lipinski definition) is 2. The van der Waals surface area contributed by atoms with Gasteiger partial charge in [0.25, 0.3) is 0 Å². The number of hydrogen-bond donors (Lipinski definition) is 1. The number of alkyl halides is 3. The molecule has 1 aliphatic rings. The lowest BCUT2D eigenvalue weighted by Crippen LogP contribution is -2.36. The van der Waals surface area contributed by atoms with Gasteiger partial charge in [-0.1, -0.05) is 37.1 Å². The minimum absolute atomic E-state index is 0.215. The lowest BCUT2D eigenvalue weighted by Gasteiger charge is -2.14. The largest absolute Gasteiger partial charge is 0.611 e. The van der Waals surface area contributed by atoms with Gasteiger partial charge in [-0.2, -0.15) is 13.2 Å². The van der Waals surface area contributed by atoms with E-state index >= 15 is 0 Å². The van der Waals surface area contributed by atoms with E-state index in [1.165, 1.54) is 18.9 Å². The predicted molar refractivity (Wildman–Crippen MR) is 87.8 cm³/mol. The van der Waals surface area contributed by atoms with Crippen LogP contribution in [0.3, 0.4) is 0 Å². The lowest BCUT2D eigenvalue weighted by molar-refractivity contribution is -0.173. The maximum atomic E-state index is 12.4. The van der Waals surface area contributed by atoms with Crippen molar-refractivity contribution in [2.45, 2.75) is 36.8 Å². The molecule has 0 aliphatic heterocycles. The Balaban J connectivity index is 1.87. The summed E-state index contributed by atoms with van der Waals surface area (Å²) in [5, 5.41) is 1.77. The monoisotopic (exact) mass is 359 g/mol. The van der Waals surface area contributed by atoms with Crippen molar-refractivity contribution < 1.29 is 22.5 Å². The molecule has 1 fully saturated rings. The van der Waals surface area contributed by atoms with Crippen molar-refractivity contribution in [3.8, 4) is 0 Å². The number of halogens is 3. The first kappa shape index (κ1) is 18.9. The number of carbonyl (C=O) groups is 1. The van der Waals surface area contributed by atoms with Crippen molar-refractivity contribution in [2.75, 3.05) is 12.3 Å². The van der Waals surface area contributed by atoms with Crippen LogP contribution >= 0.6 is 0 Å². The number of rotatable bonds is 6. The SMILES string of the molecule is O=C(NCC=Cc1cccc([S+]([O-])CC2CCCC2)c1)C(F)(F)F. The predicted octanol–water partition coefficient (Wildman–Crippen LogP) is 3.68. The van der Waals surface area contributed by atoms with Crippen LogP contribution in [0.1, 0.15) is 31.2 Å². The summed E-state index contributed by atoms with van der Waals surface area (Å²) in [4.78, 5) is 11.4. The van der Waals surface area contributed by atoms with Gasteiger partial charge in [0.1, 0.15) is 5.75 Å². The quantitative estimate of drug-likeness (QED) is 0.788. The highest BCUT2D eigenvalue weighted by Crippen LogP contribution is 2.28. The summed E-state index contributed by atoms with van der Waals surface area (Å²) in [5.74, 6) is -0.782. The average molecular weight is 359 g/mol. The molecular formula is C17H20F3NO2S. The average Bonchev–Trinajstić information content (AvgIpc) is 3.03. The zero-order valence-electron chi connectivity index (χ0n) is 13.1. The molecule has 1 N–H and O–H groups in total. The molecule has 1 saturated carbocycles. The van der Waals surface area contributed by atoms with E-state index in [4.69, 9.17) is 0 Å². The number of amides is 1. The van der Waals surface area contributed by atoms with E-state index in [0.717, 1.165) is 23.3 Å². The first-order valence-electron chi connectivity index (χ1n) is 7.86. The Morgan fingerprint density at radius 3 is 2.71 bits per heavy atom. The molecule has 1 aromatic carbocycles. The molecule has 0 heterocycles. The van der Waals surface area contributed by atoms with Gasteiger partial charge in [-0.15, -0.1) is 0 Å². The summed E-state index contributed by atoms with van der Waals surface area (Å²) in [6, 6.07) is 7.12.